The third-order valence-corrected chi connectivity index (χ3v) is 3.95. The zero-order valence-corrected chi connectivity index (χ0v) is 9.45. The van der Waals surface area contributed by atoms with Crippen LogP contribution in [0.4, 0.5) is 0 Å². The molecule has 1 heterocycles. The molecule has 0 atom stereocenters. The van der Waals surface area contributed by atoms with Crippen molar-refractivity contribution in [3.8, 4) is 0 Å². The summed E-state index contributed by atoms with van der Waals surface area (Å²) in [7, 11) is -2.13. The van der Waals surface area contributed by atoms with Crippen LogP contribution in [0.25, 0.3) is 0 Å². The molecule has 0 saturated heterocycles. The third kappa shape index (κ3) is 1.74. The molecule has 0 amide bonds. The minimum atomic E-state index is -3.39. The molecule has 0 spiro atoms. The molecule has 0 N–H and O–H groups in total. The van der Waals surface area contributed by atoms with Crippen molar-refractivity contribution in [2.24, 2.45) is 0 Å². The zero-order valence-electron chi connectivity index (χ0n) is 8.64. The molecule has 0 fully saturated rings. The number of allylic oxidation sites excluding steroid dienone is 1. The topological polar surface area (TPSA) is 60.4 Å². The predicted octanol–water partition coefficient (Wildman–Crippen LogP) is 1.32. The fourth-order valence-electron chi connectivity index (χ4n) is 1.61. The van der Waals surface area contributed by atoms with E-state index in [-0.39, 0.29) is 10.5 Å². The summed E-state index contributed by atoms with van der Waals surface area (Å²) in [5.74, 6) is -0.535. The molecule has 0 unspecified atom stereocenters. The fourth-order valence-corrected chi connectivity index (χ4v) is 2.91. The number of carbonyl (C=O) groups excluding carboxylic acids is 1. The lowest BCUT2D eigenvalue weighted by Crippen LogP contribution is -2.09. The van der Waals surface area contributed by atoms with E-state index in [9.17, 15) is 13.2 Å². The maximum Gasteiger partial charge on any atom is 0.337 e. The lowest BCUT2D eigenvalue weighted by Gasteiger charge is -2.12. The van der Waals surface area contributed by atoms with E-state index in [1.54, 1.807) is 18.2 Å². The van der Waals surface area contributed by atoms with Crippen molar-refractivity contribution in [3.05, 3.63) is 40.8 Å². The van der Waals surface area contributed by atoms with E-state index < -0.39 is 15.8 Å². The van der Waals surface area contributed by atoms with Crippen molar-refractivity contribution in [2.75, 3.05) is 7.11 Å². The molecular weight excluding hydrogens is 228 g/mol. The van der Waals surface area contributed by atoms with Gasteiger partial charge in [-0.15, -0.1) is 0 Å². The molecule has 4 nitrogen and oxygen atoms in total. The van der Waals surface area contributed by atoms with Crippen molar-refractivity contribution in [1.29, 1.82) is 0 Å². The van der Waals surface area contributed by atoms with Gasteiger partial charge in [-0.1, -0.05) is 12.1 Å². The Morgan fingerprint density at radius 3 is 2.81 bits per heavy atom. The maximum absolute atomic E-state index is 11.7. The molecule has 2 rings (SSSR count). The van der Waals surface area contributed by atoms with Crippen LogP contribution >= 0.6 is 0 Å². The van der Waals surface area contributed by atoms with Gasteiger partial charge in [-0.3, -0.25) is 0 Å². The largest absolute Gasteiger partial charge is 0.465 e. The second-order valence-electron chi connectivity index (χ2n) is 3.44. The van der Waals surface area contributed by atoms with Gasteiger partial charge in [0.25, 0.3) is 0 Å². The average Bonchev–Trinajstić information content (AvgIpc) is 2.27. The molecule has 0 aromatic heterocycles. The molecule has 1 aliphatic heterocycles. The first-order valence-electron chi connectivity index (χ1n) is 4.67. The Morgan fingerprint density at radius 1 is 1.38 bits per heavy atom. The zero-order chi connectivity index (χ0) is 11.8. The summed E-state index contributed by atoms with van der Waals surface area (Å²) in [5, 5.41) is 1.16. The van der Waals surface area contributed by atoms with Crippen LogP contribution < -0.4 is 0 Å². The van der Waals surface area contributed by atoms with Crippen molar-refractivity contribution in [3.63, 3.8) is 0 Å². The fraction of sp³-hybridized carbons (Fsp3) is 0.182. The molecule has 1 aliphatic rings. The van der Waals surface area contributed by atoms with Crippen LogP contribution in [-0.4, -0.2) is 21.5 Å². The second-order valence-corrected chi connectivity index (χ2v) is 5.24. The van der Waals surface area contributed by atoms with Crippen LogP contribution in [0.3, 0.4) is 0 Å². The summed E-state index contributed by atoms with van der Waals surface area (Å²) >= 11 is 0. The van der Waals surface area contributed by atoms with Gasteiger partial charge in [0.2, 0.25) is 0 Å². The molecule has 1 aromatic rings. The van der Waals surface area contributed by atoms with Gasteiger partial charge in [0.05, 0.1) is 17.6 Å². The van der Waals surface area contributed by atoms with E-state index in [1.807, 2.05) is 0 Å². The first-order chi connectivity index (χ1) is 7.54. The van der Waals surface area contributed by atoms with Crippen molar-refractivity contribution in [1.82, 2.24) is 0 Å². The van der Waals surface area contributed by atoms with Crippen molar-refractivity contribution >= 4 is 15.8 Å². The summed E-state index contributed by atoms with van der Waals surface area (Å²) in [6.07, 6.45) is 2.16. The van der Waals surface area contributed by atoms with E-state index >= 15 is 0 Å². The Morgan fingerprint density at radius 2 is 2.12 bits per heavy atom. The lowest BCUT2D eigenvalue weighted by atomic mass is 10.1. The summed E-state index contributed by atoms with van der Waals surface area (Å²) in [5.41, 5.74) is 0.954. The van der Waals surface area contributed by atoms with Crippen LogP contribution in [0.5, 0.6) is 0 Å². The van der Waals surface area contributed by atoms with E-state index in [0.717, 1.165) is 5.41 Å². The summed E-state index contributed by atoms with van der Waals surface area (Å²) in [6, 6.07) is 4.57. The Balaban J connectivity index is 2.59. The molecule has 0 bridgehead atoms. The first-order valence-corrected chi connectivity index (χ1v) is 6.22. The second kappa shape index (κ2) is 3.75. The number of rotatable bonds is 1. The normalized spacial score (nSPS) is 16.6. The van der Waals surface area contributed by atoms with Crippen LogP contribution in [0, 0.1) is 0 Å². The Kier molecular flexibility index (Phi) is 2.55. The highest BCUT2D eigenvalue weighted by Crippen LogP contribution is 2.24. The Bertz CT molecular complexity index is 570. The molecular formula is C11H10O4S. The summed E-state index contributed by atoms with van der Waals surface area (Å²) in [6.45, 7) is 0. The number of hydrogen-bond acceptors (Lipinski definition) is 4. The van der Waals surface area contributed by atoms with Gasteiger partial charge in [0.1, 0.15) is 0 Å². The van der Waals surface area contributed by atoms with E-state index in [4.69, 9.17) is 0 Å². The van der Waals surface area contributed by atoms with Crippen LogP contribution in [-0.2, 0) is 21.0 Å². The SMILES string of the molecule is COC(=O)c1ccc2c(c1)S(=O)(=O)C=CC2. The van der Waals surface area contributed by atoms with Crippen LogP contribution in [0.1, 0.15) is 15.9 Å². The molecule has 84 valence electrons. The van der Waals surface area contributed by atoms with Gasteiger partial charge in [-0.2, -0.15) is 0 Å². The van der Waals surface area contributed by atoms with Gasteiger partial charge >= 0.3 is 5.97 Å². The van der Waals surface area contributed by atoms with E-state index in [1.165, 1.54) is 13.2 Å². The quantitative estimate of drug-likeness (QED) is 0.692. The van der Waals surface area contributed by atoms with Crippen LogP contribution in [0.2, 0.25) is 0 Å². The lowest BCUT2D eigenvalue weighted by molar-refractivity contribution is 0.0600. The smallest absolute Gasteiger partial charge is 0.337 e. The van der Waals surface area contributed by atoms with Gasteiger partial charge in [-0.25, -0.2) is 13.2 Å². The molecule has 0 radical (unpaired) electrons. The first kappa shape index (κ1) is 10.9. The standard InChI is InChI=1S/C11H10O4S/c1-15-11(12)9-5-4-8-3-2-6-16(13,14)10(8)7-9/h2,4-7H,3H2,1H3. The third-order valence-electron chi connectivity index (χ3n) is 2.41. The summed E-state index contributed by atoms with van der Waals surface area (Å²) in [4.78, 5) is 11.5. The highest BCUT2D eigenvalue weighted by atomic mass is 32.2. The number of hydrogen-bond donors (Lipinski definition) is 0. The van der Waals surface area contributed by atoms with Gasteiger partial charge in [-0.05, 0) is 24.1 Å². The monoisotopic (exact) mass is 238 g/mol. The molecule has 0 saturated carbocycles. The van der Waals surface area contributed by atoms with Gasteiger partial charge in [0.15, 0.2) is 9.84 Å². The van der Waals surface area contributed by atoms with E-state index in [0.29, 0.717) is 12.0 Å². The minimum absolute atomic E-state index is 0.193. The molecule has 1 aromatic carbocycles. The molecule has 5 heteroatoms. The highest BCUT2D eigenvalue weighted by Gasteiger charge is 2.20. The molecule has 16 heavy (non-hydrogen) atoms. The number of benzene rings is 1. The van der Waals surface area contributed by atoms with Crippen molar-refractivity contribution < 1.29 is 17.9 Å². The number of carbonyl (C=O) groups is 1. The number of fused-ring (bicyclic) bond motifs is 1. The average molecular weight is 238 g/mol. The summed E-state index contributed by atoms with van der Waals surface area (Å²) < 4.78 is 27.9. The highest BCUT2D eigenvalue weighted by molar-refractivity contribution is 7.94. The van der Waals surface area contributed by atoms with Gasteiger partial charge < -0.3 is 4.74 Å². The van der Waals surface area contributed by atoms with Crippen LogP contribution in [0.15, 0.2) is 34.6 Å². The van der Waals surface area contributed by atoms with Crippen molar-refractivity contribution in [2.45, 2.75) is 11.3 Å². The number of ether oxygens (including phenoxy) is 1. The number of methoxy groups -OCH3 is 1. The van der Waals surface area contributed by atoms with Gasteiger partial charge in [0, 0.05) is 5.41 Å². The Hall–Kier alpha value is -1.62. The minimum Gasteiger partial charge on any atom is -0.465 e. The number of esters is 1. The molecule has 0 aliphatic carbocycles. The maximum atomic E-state index is 11.7. The number of sulfone groups is 1. The Labute approximate surface area is 93.5 Å². The predicted molar refractivity (Wildman–Crippen MR) is 57.8 cm³/mol. The van der Waals surface area contributed by atoms with E-state index in [2.05, 4.69) is 4.74 Å².